The third kappa shape index (κ3) is 1.10. The predicted octanol–water partition coefficient (Wildman–Crippen LogP) is 0.967. The lowest BCUT2D eigenvalue weighted by atomic mass is 10.2. The molecule has 1 aromatic carbocycles. The Morgan fingerprint density at radius 1 is 1.46 bits per heavy atom. The van der Waals surface area contributed by atoms with Crippen molar-refractivity contribution in [1.29, 1.82) is 0 Å². The molecule has 0 unspecified atom stereocenters. The molecule has 0 bridgehead atoms. The number of phenols is 1. The van der Waals surface area contributed by atoms with E-state index in [0.29, 0.717) is 11.0 Å². The number of hydrogen-bond donors (Lipinski definition) is 3. The van der Waals surface area contributed by atoms with Crippen LogP contribution in [0.15, 0.2) is 18.5 Å². The Morgan fingerprint density at radius 3 is 2.92 bits per heavy atom. The molecule has 0 saturated heterocycles. The standard InChI is InChI=1S/C8H6N2O3/c11-7-2-6-5(9-3-10-6)1-4(7)8(12)13/h1-3,11H,(H,9,10)(H,12,13). The lowest BCUT2D eigenvalue weighted by molar-refractivity contribution is 0.0694. The summed E-state index contributed by atoms with van der Waals surface area (Å²) in [4.78, 5) is 17.2. The molecule has 13 heavy (non-hydrogen) atoms. The second-order valence-corrected chi connectivity index (χ2v) is 2.59. The summed E-state index contributed by atoms with van der Waals surface area (Å²) in [5, 5.41) is 17.9. The molecule has 2 rings (SSSR count). The van der Waals surface area contributed by atoms with Crippen molar-refractivity contribution in [3.8, 4) is 5.75 Å². The molecule has 0 spiro atoms. The maximum Gasteiger partial charge on any atom is 0.339 e. The van der Waals surface area contributed by atoms with Crippen molar-refractivity contribution in [2.24, 2.45) is 0 Å². The number of hydrogen-bond acceptors (Lipinski definition) is 3. The lowest BCUT2D eigenvalue weighted by Gasteiger charge is -1.97. The fraction of sp³-hybridized carbons (Fsp3) is 0. The molecule has 1 heterocycles. The summed E-state index contributed by atoms with van der Waals surface area (Å²) in [5.41, 5.74) is 1.01. The van der Waals surface area contributed by atoms with Crippen LogP contribution in [0, 0.1) is 0 Å². The zero-order valence-electron chi connectivity index (χ0n) is 6.48. The first-order valence-electron chi connectivity index (χ1n) is 3.58. The highest BCUT2D eigenvalue weighted by atomic mass is 16.4. The number of carboxylic acid groups (broad SMARTS) is 1. The van der Waals surface area contributed by atoms with Gasteiger partial charge in [-0.2, -0.15) is 0 Å². The number of rotatable bonds is 1. The molecule has 0 radical (unpaired) electrons. The van der Waals surface area contributed by atoms with Crippen molar-refractivity contribution in [3.05, 3.63) is 24.0 Å². The van der Waals surface area contributed by atoms with Gasteiger partial charge in [-0.25, -0.2) is 9.78 Å². The van der Waals surface area contributed by atoms with E-state index in [-0.39, 0.29) is 11.3 Å². The summed E-state index contributed by atoms with van der Waals surface area (Å²) in [6.45, 7) is 0. The summed E-state index contributed by atoms with van der Waals surface area (Å²) in [5.74, 6) is -1.43. The van der Waals surface area contributed by atoms with Gasteiger partial charge in [0.05, 0.1) is 17.4 Å². The summed E-state index contributed by atoms with van der Waals surface area (Å²) < 4.78 is 0. The van der Waals surface area contributed by atoms with Crippen molar-refractivity contribution < 1.29 is 15.0 Å². The van der Waals surface area contributed by atoms with Gasteiger partial charge in [-0.05, 0) is 6.07 Å². The van der Waals surface area contributed by atoms with Crippen LogP contribution in [-0.2, 0) is 0 Å². The van der Waals surface area contributed by atoms with Gasteiger partial charge in [0.15, 0.2) is 0 Å². The third-order valence-electron chi connectivity index (χ3n) is 1.77. The van der Waals surface area contributed by atoms with E-state index in [0.717, 1.165) is 0 Å². The summed E-state index contributed by atoms with van der Waals surface area (Å²) >= 11 is 0. The van der Waals surface area contributed by atoms with E-state index in [1.807, 2.05) is 0 Å². The largest absolute Gasteiger partial charge is 0.507 e. The number of nitrogens with one attached hydrogen (secondary N) is 1. The molecule has 0 amide bonds. The van der Waals surface area contributed by atoms with Crippen LogP contribution >= 0.6 is 0 Å². The van der Waals surface area contributed by atoms with Crippen LogP contribution in [0.1, 0.15) is 10.4 Å². The van der Waals surface area contributed by atoms with Crippen molar-refractivity contribution in [1.82, 2.24) is 9.97 Å². The first-order valence-corrected chi connectivity index (χ1v) is 3.58. The van der Waals surface area contributed by atoms with Crippen LogP contribution in [0.5, 0.6) is 5.75 Å². The van der Waals surface area contributed by atoms with Gasteiger partial charge >= 0.3 is 5.97 Å². The number of imidazole rings is 1. The SMILES string of the molecule is O=C(O)c1cc2[nH]cnc2cc1O. The Hall–Kier alpha value is -2.04. The third-order valence-corrected chi connectivity index (χ3v) is 1.77. The zero-order valence-corrected chi connectivity index (χ0v) is 6.48. The highest BCUT2D eigenvalue weighted by molar-refractivity contribution is 5.95. The molecule has 0 atom stereocenters. The van der Waals surface area contributed by atoms with Crippen LogP contribution in [0.2, 0.25) is 0 Å². The fourth-order valence-corrected chi connectivity index (χ4v) is 1.14. The number of aromatic nitrogens is 2. The minimum absolute atomic E-state index is 0.128. The van der Waals surface area contributed by atoms with E-state index in [9.17, 15) is 9.90 Å². The van der Waals surface area contributed by atoms with Gasteiger partial charge in [0.1, 0.15) is 11.3 Å². The van der Waals surface area contributed by atoms with Crippen molar-refractivity contribution in [2.45, 2.75) is 0 Å². The minimum Gasteiger partial charge on any atom is -0.507 e. The monoisotopic (exact) mass is 178 g/mol. The average molecular weight is 178 g/mol. The van der Waals surface area contributed by atoms with E-state index in [1.165, 1.54) is 18.5 Å². The molecular formula is C8H6N2O3. The first kappa shape index (κ1) is 7.60. The number of carbonyl (C=O) groups is 1. The molecule has 0 fully saturated rings. The van der Waals surface area contributed by atoms with Crippen LogP contribution in [0.3, 0.4) is 0 Å². The number of fused-ring (bicyclic) bond motifs is 1. The first-order chi connectivity index (χ1) is 6.18. The molecule has 2 aromatic rings. The second-order valence-electron chi connectivity index (χ2n) is 2.59. The lowest BCUT2D eigenvalue weighted by Crippen LogP contribution is -1.96. The van der Waals surface area contributed by atoms with Gasteiger partial charge in [-0.3, -0.25) is 0 Å². The number of H-pyrrole nitrogens is 1. The van der Waals surface area contributed by atoms with Crippen LogP contribution < -0.4 is 0 Å². The molecular weight excluding hydrogens is 172 g/mol. The number of aromatic amines is 1. The number of nitrogens with zero attached hydrogens (tertiary/aromatic N) is 1. The summed E-state index contributed by atoms with van der Waals surface area (Å²) in [6.07, 6.45) is 1.44. The number of aromatic carboxylic acids is 1. The van der Waals surface area contributed by atoms with E-state index >= 15 is 0 Å². The van der Waals surface area contributed by atoms with E-state index < -0.39 is 5.97 Å². The summed E-state index contributed by atoms with van der Waals surface area (Å²) in [6, 6.07) is 2.66. The van der Waals surface area contributed by atoms with Gasteiger partial charge < -0.3 is 15.2 Å². The molecule has 66 valence electrons. The predicted molar refractivity (Wildman–Crippen MR) is 44.7 cm³/mol. The van der Waals surface area contributed by atoms with Crippen LogP contribution in [-0.4, -0.2) is 26.2 Å². The quantitative estimate of drug-likeness (QED) is 0.607. The maximum atomic E-state index is 10.6. The molecule has 5 nitrogen and oxygen atoms in total. The van der Waals surface area contributed by atoms with Crippen LogP contribution in [0.4, 0.5) is 0 Å². The Balaban J connectivity index is 2.76. The van der Waals surface area contributed by atoms with Gasteiger partial charge in [0.2, 0.25) is 0 Å². The molecule has 0 saturated carbocycles. The number of carboxylic acids is 1. The number of benzene rings is 1. The average Bonchev–Trinajstić information content (AvgIpc) is 2.48. The molecule has 5 heteroatoms. The Morgan fingerprint density at radius 2 is 2.23 bits per heavy atom. The Bertz CT molecular complexity index is 475. The van der Waals surface area contributed by atoms with Crippen molar-refractivity contribution >= 4 is 17.0 Å². The molecule has 1 aromatic heterocycles. The smallest absolute Gasteiger partial charge is 0.339 e. The van der Waals surface area contributed by atoms with Gasteiger partial charge in [-0.1, -0.05) is 0 Å². The van der Waals surface area contributed by atoms with Gasteiger partial charge in [0.25, 0.3) is 0 Å². The Kier molecular flexibility index (Phi) is 1.45. The van der Waals surface area contributed by atoms with E-state index in [4.69, 9.17) is 5.11 Å². The second kappa shape index (κ2) is 2.48. The van der Waals surface area contributed by atoms with Crippen molar-refractivity contribution in [3.63, 3.8) is 0 Å². The maximum absolute atomic E-state index is 10.6. The number of aromatic hydroxyl groups is 1. The van der Waals surface area contributed by atoms with E-state index in [2.05, 4.69) is 9.97 Å². The van der Waals surface area contributed by atoms with Crippen LogP contribution in [0.25, 0.3) is 11.0 Å². The normalized spacial score (nSPS) is 10.5. The van der Waals surface area contributed by atoms with Gasteiger partial charge in [0, 0.05) is 6.07 Å². The minimum atomic E-state index is -1.16. The Labute approximate surface area is 72.7 Å². The highest BCUT2D eigenvalue weighted by Gasteiger charge is 2.11. The molecule has 0 aliphatic heterocycles. The van der Waals surface area contributed by atoms with Crippen molar-refractivity contribution in [2.75, 3.05) is 0 Å². The molecule has 0 aliphatic carbocycles. The fourth-order valence-electron chi connectivity index (χ4n) is 1.14. The topological polar surface area (TPSA) is 86.2 Å². The van der Waals surface area contributed by atoms with E-state index in [1.54, 1.807) is 0 Å². The summed E-state index contributed by atoms with van der Waals surface area (Å²) in [7, 11) is 0. The van der Waals surface area contributed by atoms with Gasteiger partial charge in [-0.15, -0.1) is 0 Å². The zero-order chi connectivity index (χ0) is 9.42. The molecule has 3 N–H and O–H groups in total. The highest BCUT2D eigenvalue weighted by Crippen LogP contribution is 2.22. The molecule has 0 aliphatic rings.